The van der Waals surface area contributed by atoms with E-state index in [2.05, 4.69) is 33.1 Å². The molecule has 13 heavy (non-hydrogen) atoms. The molecule has 3 heteroatoms. The monoisotopic (exact) mass is 173 g/mol. The van der Waals surface area contributed by atoms with Gasteiger partial charge in [0.25, 0.3) is 0 Å². The fourth-order valence-corrected chi connectivity index (χ4v) is 1.90. The van der Waals surface area contributed by atoms with Gasteiger partial charge < -0.3 is 9.88 Å². The van der Waals surface area contributed by atoms with Crippen LogP contribution in [0.5, 0.6) is 0 Å². The van der Waals surface area contributed by atoms with E-state index >= 15 is 0 Å². The molecule has 1 aromatic heterocycles. The molecule has 3 nitrogen and oxygen atoms in total. The lowest BCUT2D eigenvalue weighted by molar-refractivity contribution is 0.514. The molecule has 0 fully saturated rings. The fourth-order valence-electron chi connectivity index (χ4n) is 1.90. The lowest BCUT2D eigenvalue weighted by Crippen LogP contribution is -2.28. The molecule has 0 spiro atoms. The number of rotatable bonds is 0. The highest BCUT2D eigenvalue weighted by molar-refractivity contribution is 5.75. The number of para-hydroxylation sites is 2. The Hall–Kier alpha value is -1.35. The number of aromatic nitrogens is 2. The molecule has 1 aromatic carbocycles. The maximum atomic E-state index is 4.55. The SMILES string of the molecule is c1ccc2c(c1)nc1n2CCNC1. The van der Waals surface area contributed by atoms with Gasteiger partial charge in [-0.1, -0.05) is 12.1 Å². The Bertz CT molecular complexity index is 444. The predicted molar refractivity (Wildman–Crippen MR) is 51.4 cm³/mol. The molecule has 1 aliphatic rings. The molecule has 0 amide bonds. The summed E-state index contributed by atoms with van der Waals surface area (Å²) in [6.07, 6.45) is 0. The number of nitrogens with one attached hydrogen (secondary N) is 1. The van der Waals surface area contributed by atoms with E-state index in [1.807, 2.05) is 6.07 Å². The van der Waals surface area contributed by atoms with Crippen molar-refractivity contribution >= 4 is 11.0 Å². The predicted octanol–water partition coefficient (Wildman–Crippen LogP) is 1.14. The zero-order chi connectivity index (χ0) is 8.67. The summed E-state index contributed by atoms with van der Waals surface area (Å²) in [5, 5.41) is 3.32. The van der Waals surface area contributed by atoms with Gasteiger partial charge in [0.15, 0.2) is 0 Å². The van der Waals surface area contributed by atoms with Gasteiger partial charge in [-0.05, 0) is 12.1 Å². The minimum atomic E-state index is 0.898. The molecule has 0 saturated heterocycles. The number of fused-ring (bicyclic) bond motifs is 3. The van der Waals surface area contributed by atoms with Crippen LogP contribution in [0.4, 0.5) is 0 Å². The Morgan fingerprint density at radius 3 is 3.23 bits per heavy atom. The van der Waals surface area contributed by atoms with Crippen molar-refractivity contribution in [3.63, 3.8) is 0 Å². The van der Waals surface area contributed by atoms with Crippen LogP contribution in [-0.2, 0) is 13.1 Å². The smallest absolute Gasteiger partial charge is 0.123 e. The Morgan fingerprint density at radius 2 is 2.23 bits per heavy atom. The summed E-state index contributed by atoms with van der Waals surface area (Å²) in [6, 6.07) is 8.31. The lowest BCUT2D eigenvalue weighted by Gasteiger charge is -2.15. The summed E-state index contributed by atoms with van der Waals surface area (Å²) in [5.41, 5.74) is 2.38. The van der Waals surface area contributed by atoms with Crippen LogP contribution in [0.15, 0.2) is 24.3 Å². The highest BCUT2D eigenvalue weighted by Gasteiger charge is 2.12. The first-order valence-corrected chi connectivity index (χ1v) is 4.60. The van der Waals surface area contributed by atoms with Crippen molar-refractivity contribution in [1.82, 2.24) is 14.9 Å². The van der Waals surface area contributed by atoms with E-state index in [1.165, 1.54) is 5.52 Å². The van der Waals surface area contributed by atoms with Crippen molar-refractivity contribution in [1.29, 1.82) is 0 Å². The first-order valence-electron chi connectivity index (χ1n) is 4.60. The molecule has 1 N–H and O–H groups in total. The maximum absolute atomic E-state index is 4.55. The van der Waals surface area contributed by atoms with Crippen LogP contribution >= 0.6 is 0 Å². The van der Waals surface area contributed by atoms with Crippen molar-refractivity contribution in [2.75, 3.05) is 6.54 Å². The second-order valence-electron chi connectivity index (χ2n) is 3.35. The molecule has 0 bridgehead atoms. The molecule has 2 aromatic rings. The second-order valence-corrected chi connectivity index (χ2v) is 3.35. The van der Waals surface area contributed by atoms with E-state index in [0.717, 1.165) is 31.0 Å². The van der Waals surface area contributed by atoms with Crippen molar-refractivity contribution in [2.45, 2.75) is 13.1 Å². The minimum absolute atomic E-state index is 0.898. The van der Waals surface area contributed by atoms with Crippen molar-refractivity contribution in [2.24, 2.45) is 0 Å². The number of imidazole rings is 1. The van der Waals surface area contributed by atoms with Crippen LogP contribution in [0.2, 0.25) is 0 Å². The molecule has 0 radical (unpaired) electrons. The van der Waals surface area contributed by atoms with Crippen LogP contribution in [0.25, 0.3) is 11.0 Å². The maximum Gasteiger partial charge on any atom is 0.123 e. The normalized spacial score (nSPS) is 16.0. The van der Waals surface area contributed by atoms with Gasteiger partial charge >= 0.3 is 0 Å². The quantitative estimate of drug-likeness (QED) is 0.647. The molecule has 66 valence electrons. The largest absolute Gasteiger partial charge is 0.326 e. The number of benzene rings is 1. The third-order valence-corrected chi connectivity index (χ3v) is 2.53. The standard InChI is InChI=1S/C10H11N3/c1-2-4-9-8(3-1)12-10-7-11-5-6-13(9)10/h1-4,11H,5-7H2. The Kier molecular flexibility index (Phi) is 1.40. The van der Waals surface area contributed by atoms with Gasteiger partial charge in [-0.3, -0.25) is 0 Å². The molecule has 0 aliphatic carbocycles. The highest BCUT2D eigenvalue weighted by atomic mass is 15.1. The van der Waals surface area contributed by atoms with Gasteiger partial charge in [0.1, 0.15) is 5.82 Å². The van der Waals surface area contributed by atoms with Crippen molar-refractivity contribution < 1.29 is 0 Å². The Morgan fingerprint density at radius 1 is 1.31 bits per heavy atom. The van der Waals surface area contributed by atoms with E-state index in [4.69, 9.17) is 0 Å². The number of nitrogens with zero attached hydrogens (tertiary/aromatic N) is 2. The molecule has 0 unspecified atom stereocenters. The third kappa shape index (κ3) is 0.971. The van der Waals surface area contributed by atoms with E-state index in [9.17, 15) is 0 Å². The topological polar surface area (TPSA) is 29.9 Å². The summed E-state index contributed by atoms with van der Waals surface area (Å²) in [5.74, 6) is 1.16. The second kappa shape index (κ2) is 2.57. The highest BCUT2D eigenvalue weighted by Crippen LogP contribution is 2.16. The summed E-state index contributed by atoms with van der Waals surface area (Å²) in [7, 11) is 0. The van der Waals surface area contributed by atoms with Crippen LogP contribution in [0.1, 0.15) is 5.82 Å². The number of hydrogen-bond acceptors (Lipinski definition) is 2. The van der Waals surface area contributed by atoms with E-state index in [-0.39, 0.29) is 0 Å². The summed E-state index contributed by atoms with van der Waals surface area (Å²) < 4.78 is 2.30. The van der Waals surface area contributed by atoms with Crippen LogP contribution in [0, 0.1) is 0 Å². The van der Waals surface area contributed by atoms with E-state index in [0.29, 0.717) is 0 Å². The molecule has 0 saturated carbocycles. The molecular weight excluding hydrogens is 162 g/mol. The first-order chi connectivity index (χ1) is 6.45. The van der Waals surface area contributed by atoms with Crippen LogP contribution in [0.3, 0.4) is 0 Å². The molecule has 2 heterocycles. The van der Waals surface area contributed by atoms with Gasteiger partial charge in [0.2, 0.25) is 0 Å². The zero-order valence-electron chi connectivity index (χ0n) is 7.33. The Labute approximate surface area is 76.4 Å². The average Bonchev–Trinajstić information content (AvgIpc) is 2.56. The molecule has 1 aliphatic heterocycles. The average molecular weight is 173 g/mol. The molecular formula is C10H11N3. The summed E-state index contributed by atoms with van der Waals surface area (Å²) in [6.45, 7) is 2.98. The molecule has 0 atom stereocenters. The van der Waals surface area contributed by atoms with Crippen molar-refractivity contribution in [3.8, 4) is 0 Å². The van der Waals surface area contributed by atoms with Gasteiger partial charge in [-0.25, -0.2) is 4.98 Å². The third-order valence-electron chi connectivity index (χ3n) is 2.53. The van der Waals surface area contributed by atoms with Crippen LogP contribution in [-0.4, -0.2) is 16.1 Å². The lowest BCUT2D eigenvalue weighted by atomic mass is 10.3. The van der Waals surface area contributed by atoms with Crippen molar-refractivity contribution in [3.05, 3.63) is 30.1 Å². The van der Waals surface area contributed by atoms with E-state index < -0.39 is 0 Å². The van der Waals surface area contributed by atoms with Gasteiger partial charge in [0, 0.05) is 13.1 Å². The zero-order valence-corrected chi connectivity index (χ0v) is 7.33. The molecule has 3 rings (SSSR count). The van der Waals surface area contributed by atoms with Gasteiger partial charge in [-0.2, -0.15) is 0 Å². The minimum Gasteiger partial charge on any atom is -0.326 e. The van der Waals surface area contributed by atoms with Gasteiger partial charge in [-0.15, -0.1) is 0 Å². The number of hydrogen-bond donors (Lipinski definition) is 1. The summed E-state index contributed by atoms with van der Waals surface area (Å²) >= 11 is 0. The van der Waals surface area contributed by atoms with Crippen LogP contribution < -0.4 is 5.32 Å². The first kappa shape index (κ1) is 7.09. The summed E-state index contributed by atoms with van der Waals surface area (Å²) in [4.78, 5) is 4.55. The van der Waals surface area contributed by atoms with E-state index in [1.54, 1.807) is 0 Å². The Balaban J connectivity index is 2.34. The van der Waals surface area contributed by atoms with Gasteiger partial charge in [0.05, 0.1) is 17.6 Å². The fraction of sp³-hybridized carbons (Fsp3) is 0.300.